The molecule has 1 unspecified atom stereocenters. The van der Waals surface area contributed by atoms with Crippen molar-refractivity contribution in [1.82, 2.24) is 26.2 Å². The summed E-state index contributed by atoms with van der Waals surface area (Å²) in [6.07, 6.45) is 1.35. The molecule has 0 aromatic heterocycles. The van der Waals surface area contributed by atoms with Crippen LogP contribution in [0.3, 0.4) is 0 Å². The lowest BCUT2D eigenvalue weighted by molar-refractivity contribution is -0.145. The van der Waals surface area contributed by atoms with E-state index in [9.17, 15) is 43.5 Å². The molecular weight excluding hydrogens is 841 g/mol. The number of nitrogens with zero attached hydrogens (tertiary/aromatic N) is 2. The Bertz CT molecular complexity index is 2050. The molecule has 2 heterocycles. The highest BCUT2D eigenvalue weighted by atomic mass is 16.5. The largest absolute Gasteiger partial charge is 0.481 e. The first-order chi connectivity index (χ1) is 31.2. The monoisotopic (exact) mass is 902 g/mol. The van der Waals surface area contributed by atoms with Gasteiger partial charge >= 0.3 is 18.0 Å². The Morgan fingerprint density at radius 2 is 1.51 bits per heavy atom. The van der Waals surface area contributed by atoms with Gasteiger partial charge in [0.1, 0.15) is 30.8 Å². The zero-order chi connectivity index (χ0) is 47.0. The number of alkyl carbamates (subject to hydrolysis) is 1. The molecule has 6 atom stereocenters. The maximum absolute atomic E-state index is 14.4. The van der Waals surface area contributed by atoms with Crippen LogP contribution in [0.2, 0.25) is 0 Å². The number of benzene rings is 2. The molecule has 2 fully saturated rings. The Kier molecular flexibility index (Phi) is 18.2. The number of rotatable bonds is 15. The lowest BCUT2D eigenvalue weighted by atomic mass is 9.91. The normalized spacial score (nSPS) is 22.2. The molecule has 5 rings (SSSR count). The summed E-state index contributed by atoms with van der Waals surface area (Å²) in [6.45, 7) is 1.60. The summed E-state index contributed by atoms with van der Waals surface area (Å²) >= 11 is 0. The molecule has 2 aliphatic heterocycles. The van der Waals surface area contributed by atoms with E-state index in [0.29, 0.717) is 19.3 Å². The van der Waals surface area contributed by atoms with Gasteiger partial charge in [-0.1, -0.05) is 74.2 Å². The third-order valence-electron chi connectivity index (χ3n) is 12.2. The summed E-state index contributed by atoms with van der Waals surface area (Å²) in [4.78, 5) is 112. The van der Waals surface area contributed by atoms with E-state index in [1.807, 2.05) is 48.5 Å². The topological polar surface area (TPSA) is 291 Å². The SMILES string of the molecule is COC(=O)[C@H](CCCC[C@@H]1NC(=O)C2CCCN2C(=O)[C@@H](NC(=O)OCC2c3ccccc3-c3ccccc32)CCCC[C@@H](C(=O)O)CC(=O)[C@H](CCCN=C(N)N)NC1=O)NC(C)=O. The molecular formula is C46H62N8O11. The highest BCUT2D eigenvalue weighted by molar-refractivity contribution is 5.96. The van der Waals surface area contributed by atoms with Crippen LogP contribution in [0.1, 0.15) is 107 Å². The van der Waals surface area contributed by atoms with Crippen LogP contribution < -0.4 is 32.7 Å². The van der Waals surface area contributed by atoms with Crippen molar-refractivity contribution in [1.29, 1.82) is 0 Å². The van der Waals surface area contributed by atoms with Gasteiger partial charge in [-0.3, -0.25) is 33.8 Å². The van der Waals surface area contributed by atoms with Crippen molar-refractivity contribution in [2.75, 3.05) is 26.8 Å². The van der Waals surface area contributed by atoms with E-state index in [0.717, 1.165) is 22.3 Å². The fourth-order valence-corrected chi connectivity index (χ4v) is 8.94. The molecule has 0 spiro atoms. The van der Waals surface area contributed by atoms with Gasteiger partial charge in [-0.2, -0.15) is 0 Å². The van der Waals surface area contributed by atoms with Gasteiger partial charge in [0.05, 0.1) is 19.1 Å². The van der Waals surface area contributed by atoms with Crippen LogP contribution in [0.15, 0.2) is 53.5 Å². The second-order valence-electron chi connectivity index (χ2n) is 16.8. The van der Waals surface area contributed by atoms with Gasteiger partial charge in [-0.05, 0) is 73.6 Å². The lowest BCUT2D eigenvalue weighted by Crippen LogP contribution is -2.57. The maximum Gasteiger partial charge on any atom is 0.407 e. The summed E-state index contributed by atoms with van der Waals surface area (Å²) in [5.74, 6) is -6.21. The highest BCUT2D eigenvalue weighted by Crippen LogP contribution is 2.44. The zero-order valence-electron chi connectivity index (χ0n) is 37.1. The van der Waals surface area contributed by atoms with E-state index < -0.39 is 90.0 Å². The molecule has 352 valence electrons. The number of aliphatic imine (C=N–C) groups is 1. The smallest absolute Gasteiger partial charge is 0.407 e. The number of guanidine groups is 1. The first-order valence-electron chi connectivity index (χ1n) is 22.4. The maximum atomic E-state index is 14.4. The fourth-order valence-electron chi connectivity index (χ4n) is 8.94. The molecule has 9 N–H and O–H groups in total. The average molecular weight is 903 g/mol. The van der Waals surface area contributed by atoms with E-state index in [4.69, 9.17) is 20.9 Å². The Balaban J connectivity index is 1.37. The van der Waals surface area contributed by atoms with Crippen LogP contribution in [-0.2, 0) is 43.0 Å². The van der Waals surface area contributed by atoms with Gasteiger partial charge in [-0.15, -0.1) is 0 Å². The fraction of sp³-hybridized carbons (Fsp3) is 0.543. The third-order valence-corrected chi connectivity index (χ3v) is 12.2. The standard InChI is InChI=1S/C46H62N8O11/c1-27(55)50-37(44(62)64-2)20-10-9-18-35-40(57)51-34(21-11-23-49-45(47)48)39(56)25-28(43(60)61)13-3-8-19-36(42(59)54-24-12-22-38(54)41(58)52-35)53-46(63)65-26-33-31-16-6-4-14-29(31)30-15-5-7-17-32(30)33/h4-7,14-17,28,33-38H,3,8-13,18-26H2,1-2H3,(H,50,55)(H,51,57)(H,52,58)(H,53,63)(H,60,61)(H4,47,48,49)/t28-,34+,35+,36+,37+,38?/m1/s1. The number of ketones is 1. The first kappa shape index (κ1) is 49.5. The van der Waals surface area contributed by atoms with Crippen molar-refractivity contribution in [2.45, 2.75) is 127 Å². The number of nitrogens with one attached hydrogen (secondary N) is 4. The van der Waals surface area contributed by atoms with Crippen LogP contribution in [-0.4, -0.2) is 120 Å². The number of Topliss-reactive ketones (excluding diaryl/α,β-unsaturated/α-hetero) is 1. The Labute approximate surface area is 378 Å². The van der Waals surface area contributed by atoms with Crippen LogP contribution in [0, 0.1) is 5.92 Å². The number of esters is 1. The Morgan fingerprint density at radius 3 is 2.15 bits per heavy atom. The van der Waals surface area contributed by atoms with E-state index in [-0.39, 0.29) is 89.4 Å². The third kappa shape index (κ3) is 13.7. The number of fused-ring (bicyclic) bond motifs is 4. The number of carbonyl (C=O) groups excluding carboxylic acids is 7. The quantitative estimate of drug-likeness (QED) is 0.0586. The van der Waals surface area contributed by atoms with Crippen molar-refractivity contribution in [3.63, 3.8) is 0 Å². The first-order valence-corrected chi connectivity index (χ1v) is 22.4. The van der Waals surface area contributed by atoms with Gasteiger partial charge in [0, 0.05) is 32.4 Å². The average Bonchev–Trinajstić information content (AvgIpc) is 3.90. The molecule has 19 heteroatoms. The van der Waals surface area contributed by atoms with Crippen molar-refractivity contribution < 1.29 is 52.9 Å². The minimum atomic E-state index is -1.23. The predicted octanol–water partition coefficient (Wildman–Crippen LogP) is 2.38. The molecule has 0 bridgehead atoms. The minimum Gasteiger partial charge on any atom is -0.481 e. The molecule has 0 saturated carbocycles. The van der Waals surface area contributed by atoms with Gasteiger partial charge in [-0.25, -0.2) is 9.59 Å². The zero-order valence-corrected chi connectivity index (χ0v) is 37.1. The van der Waals surface area contributed by atoms with Crippen LogP contribution in [0.4, 0.5) is 4.79 Å². The summed E-state index contributed by atoms with van der Waals surface area (Å²) < 4.78 is 10.6. The number of methoxy groups -OCH3 is 1. The molecule has 2 saturated heterocycles. The molecule has 2 aromatic carbocycles. The van der Waals surface area contributed by atoms with Gasteiger partial charge in [0.15, 0.2) is 11.7 Å². The second-order valence-corrected chi connectivity index (χ2v) is 16.8. The van der Waals surface area contributed by atoms with Gasteiger partial charge in [0.2, 0.25) is 23.6 Å². The van der Waals surface area contributed by atoms with Crippen molar-refractivity contribution >= 4 is 53.4 Å². The highest BCUT2D eigenvalue weighted by Gasteiger charge is 2.40. The van der Waals surface area contributed by atoms with E-state index in [1.165, 1.54) is 18.9 Å². The van der Waals surface area contributed by atoms with E-state index >= 15 is 0 Å². The number of carbonyl (C=O) groups is 8. The van der Waals surface area contributed by atoms with Crippen molar-refractivity contribution in [2.24, 2.45) is 22.4 Å². The minimum absolute atomic E-state index is 0.000837. The van der Waals surface area contributed by atoms with Crippen LogP contribution in [0.25, 0.3) is 11.1 Å². The molecule has 0 radical (unpaired) electrons. The summed E-state index contributed by atoms with van der Waals surface area (Å²) in [6, 6.07) is 10.3. The molecule has 19 nitrogen and oxygen atoms in total. The van der Waals surface area contributed by atoms with Crippen LogP contribution in [0.5, 0.6) is 0 Å². The van der Waals surface area contributed by atoms with Crippen LogP contribution >= 0.6 is 0 Å². The number of carboxylic acids is 1. The van der Waals surface area contributed by atoms with Crippen molar-refractivity contribution in [3.05, 3.63) is 59.7 Å². The van der Waals surface area contributed by atoms with Gasteiger partial charge in [0.25, 0.3) is 0 Å². The number of hydrogen-bond acceptors (Lipinski definition) is 11. The van der Waals surface area contributed by atoms with E-state index in [1.54, 1.807) is 0 Å². The number of carboxylic acid groups (broad SMARTS) is 1. The number of hydrogen-bond donors (Lipinski definition) is 7. The number of nitrogens with two attached hydrogens (primary N) is 2. The second kappa shape index (κ2) is 24.0. The predicted molar refractivity (Wildman–Crippen MR) is 238 cm³/mol. The summed E-state index contributed by atoms with van der Waals surface area (Å²) in [5.41, 5.74) is 15.1. The number of amides is 5. The molecule has 5 amide bonds. The molecule has 2 aromatic rings. The number of aliphatic carboxylic acids is 1. The van der Waals surface area contributed by atoms with Crippen molar-refractivity contribution in [3.8, 4) is 11.1 Å². The number of ether oxygens (including phenoxy) is 2. The summed E-state index contributed by atoms with van der Waals surface area (Å²) in [5, 5.41) is 21.0. The summed E-state index contributed by atoms with van der Waals surface area (Å²) in [7, 11) is 1.20. The number of unbranched alkanes of at least 4 members (excludes halogenated alkanes) is 1. The molecule has 65 heavy (non-hydrogen) atoms. The molecule has 3 aliphatic rings. The lowest BCUT2D eigenvalue weighted by Gasteiger charge is -2.30. The molecule has 1 aliphatic carbocycles. The van der Waals surface area contributed by atoms with Gasteiger partial charge < -0.3 is 52.2 Å². The van der Waals surface area contributed by atoms with E-state index in [2.05, 4.69) is 26.3 Å². The Hall–Kier alpha value is -6.53. The Morgan fingerprint density at radius 1 is 0.862 bits per heavy atom.